The molecule has 5 aliphatic carbocycles. The lowest BCUT2D eigenvalue weighted by Gasteiger charge is -2.72. The summed E-state index contributed by atoms with van der Waals surface area (Å²) in [6.07, 6.45) is -4.34. The summed E-state index contributed by atoms with van der Waals surface area (Å²) in [5.74, 6) is -1.67. The first-order chi connectivity index (χ1) is 22.3. The molecule has 6 aliphatic rings. The van der Waals surface area contributed by atoms with Gasteiger partial charge in [0.2, 0.25) is 0 Å². The maximum atomic E-state index is 13.0. The number of rotatable bonds is 6. The lowest BCUT2D eigenvalue weighted by Crippen LogP contribution is -2.71. The van der Waals surface area contributed by atoms with E-state index in [4.69, 9.17) is 9.47 Å². The van der Waals surface area contributed by atoms with Crippen molar-refractivity contribution in [3.05, 3.63) is 11.6 Å². The summed E-state index contributed by atoms with van der Waals surface area (Å²) in [6, 6.07) is 0. The van der Waals surface area contributed by atoms with Gasteiger partial charge in [-0.3, -0.25) is 4.79 Å². The third-order valence-corrected chi connectivity index (χ3v) is 15.6. The Morgan fingerprint density at radius 2 is 1.62 bits per heavy atom. The molecule has 0 spiro atoms. The van der Waals surface area contributed by atoms with Gasteiger partial charge >= 0.3 is 5.97 Å². The first kappa shape index (κ1) is 36.6. The van der Waals surface area contributed by atoms with Crippen LogP contribution in [0.1, 0.15) is 86.0 Å². The van der Waals surface area contributed by atoms with Gasteiger partial charge < -0.3 is 55.4 Å². The van der Waals surface area contributed by atoms with Gasteiger partial charge in [0.1, 0.15) is 23.7 Å². The number of hydrogen-bond donors (Lipinski definition) is 9. The molecule has 0 unspecified atom stereocenters. The van der Waals surface area contributed by atoms with Crippen LogP contribution in [0.2, 0.25) is 0 Å². The predicted octanol–water partition coefficient (Wildman–Crippen LogP) is 0.944. The Kier molecular flexibility index (Phi) is 9.10. The molecule has 0 bridgehead atoms. The number of fused-ring (bicyclic) bond motifs is 7. The highest BCUT2D eigenvalue weighted by Gasteiger charge is 2.73. The van der Waals surface area contributed by atoms with Crippen molar-refractivity contribution in [2.75, 3.05) is 19.8 Å². The van der Waals surface area contributed by atoms with E-state index in [1.165, 1.54) is 0 Å². The molecule has 1 aliphatic heterocycles. The second kappa shape index (κ2) is 11.9. The monoisotopic (exact) mass is 682 g/mol. The molecule has 0 amide bonds. The summed E-state index contributed by atoms with van der Waals surface area (Å²) in [5.41, 5.74) is -3.41. The predicted molar refractivity (Wildman–Crippen MR) is 171 cm³/mol. The minimum Gasteiger partial charge on any atom is -0.481 e. The van der Waals surface area contributed by atoms with Crippen LogP contribution in [0.15, 0.2) is 11.6 Å². The zero-order valence-corrected chi connectivity index (χ0v) is 29.0. The lowest BCUT2D eigenvalue weighted by atomic mass is 9.33. The second-order valence-corrected chi connectivity index (χ2v) is 17.7. The van der Waals surface area contributed by atoms with Crippen LogP contribution in [0.25, 0.3) is 0 Å². The Labute approximate surface area is 282 Å². The van der Waals surface area contributed by atoms with Crippen molar-refractivity contribution >= 4 is 5.97 Å². The highest BCUT2D eigenvalue weighted by molar-refractivity contribution is 5.77. The number of carboxylic acids is 1. The normalized spacial score (nSPS) is 55.7. The van der Waals surface area contributed by atoms with Crippen molar-refractivity contribution < 1.29 is 60.2 Å². The Bertz CT molecular complexity index is 1290. The van der Waals surface area contributed by atoms with Crippen molar-refractivity contribution in [1.82, 2.24) is 0 Å². The van der Waals surface area contributed by atoms with E-state index in [2.05, 4.69) is 26.8 Å². The molecule has 5 fully saturated rings. The zero-order chi connectivity index (χ0) is 35.4. The van der Waals surface area contributed by atoms with Gasteiger partial charge in [0.25, 0.3) is 0 Å². The van der Waals surface area contributed by atoms with Crippen LogP contribution in [0.4, 0.5) is 0 Å². The number of ether oxygens (including phenoxy) is 2. The van der Waals surface area contributed by atoms with Gasteiger partial charge in [0.05, 0.1) is 37.6 Å². The number of hydrogen-bond acceptors (Lipinski definition) is 11. The molecule has 1 saturated heterocycles. The van der Waals surface area contributed by atoms with Crippen LogP contribution >= 0.6 is 0 Å². The first-order valence-electron chi connectivity index (χ1n) is 17.8. The second-order valence-electron chi connectivity index (χ2n) is 17.7. The van der Waals surface area contributed by atoms with Gasteiger partial charge in [0, 0.05) is 12.0 Å². The van der Waals surface area contributed by atoms with E-state index in [-0.39, 0.29) is 36.9 Å². The van der Waals surface area contributed by atoms with Gasteiger partial charge in [-0.1, -0.05) is 46.3 Å². The largest absolute Gasteiger partial charge is 0.481 e. The topological polar surface area (TPSA) is 218 Å². The van der Waals surface area contributed by atoms with Crippen LogP contribution in [0, 0.1) is 50.2 Å². The molecule has 12 heteroatoms. The molecule has 4 saturated carbocycles. The third-order valence-electron chi connectivity index (χ3n) is 15.6. The molecule has 17 atom stereocenters. The van der Waals surface area contributed by atoms with E-state index in [9.17, 15) is 50.8 Å². The lowest BCUT2D eigenvalue weighted by molar-refractivity contribution is -0.335. The number of allylic oxidation sites excluding steroid dienone is 2. The zero-order valence-electron chi connectivity index (χ0n) is 29.0. The maximum Gasteiger partial charge on any atom is 0.312 e. The highest BCUT2D eigenvalue weighted by atomic mass is 16.7. The fourth-order valence-corrected chi connectivity index (χ4v) is 12.6. The summed E-state index contributed by atoms with van der Waals surface area (Å²) in [7, 11) is 0. The minimum atomic E-state index is -1.59. The Morgan fingerprint density at radius 3 is 2.25 bits per heavy atom. The Morgan fingerprint density at radius 1 is 0.938 bits per heavy atom. The fraction of sp³-hybridized carbons (Fsp3) is 0.917. The quantitative estimate of drug-likeness (QED) is 0.141. The molecule has 1 heterocycles. The molecular weight excluding hydrogens is 624 g/mol. The van der Waals surface area contributed by atoms with E-state index < -0.39 is 94.6 Å². The highest BCUT2D eigenvalue weighted by Crippen LogP contribution is 2.76. The molecule has 0 radical (unpaired) electrons. The number of aliphatic carboxylic acids is 1. The molecule has 274 valence electrons. The van der Waals surface area contributed by atoms with Gasteiger partial charge in [-0.05, 0) is 90.8 Å². The van der Waals surface area contributed by atoms with Crippen LogP contribution in [0.3, 0.4) is 0 Å². The Balaban J connectivity index is 1.39. The third kappa shape index (κ3) is 4.73. The van der Waals surface area contributed by atoms with E-state index >= 15 is 0 Å². The summed E-state index contributed by atoms with van der Waals surface area (Å²) in [5, 5.41) is 97.2. The average molecular weight is 683 g/mol. The van der Waals surface area contributed by atoms with Crippen LogP contribution in [-0.2, 0) is 14.3 Å². The molecule has 0 aromatic carbocycles. The van der Waals surface area contributed by atoms with E-state index in [0.717, 1.165) is 12.0 Å². The van der Waals surface area contributed by atoms with Gasteiger partial charge in [0.15, 0.2) is 6.29 Å². The van der Waals surface area contributed by atoms with Crippen LogP contribution < -0.4 is 0 Å². The van der Waals surface area contributed by atoms with Crippen LogP contribution in [-0.4, -0.2) is 121 Å². The standard InChI is InChI=1S/C36H58O12/c1-31(17-38)12-19-18-6-7-22-32(2)13-20(39)28(48-29-27(44)26(43)21(40)16-47-29)35(5,25(42)15-37)23(32)8-9-34(22,4)33(18,3)10-11-36(19,30(45)46)24(41)14-31/h6,19-29,37-44H,7-17H2,1-5H3,(H,45,46)/t19-,20+,21+,22+,23-,24-,25+,26-,27+,28+,29-,31+,32+,33+,34+,35+,36-/m0/s1. The molecule has 9 N–H and O–H groups in total. The summed E-state index contributed by atoms with van der Waals surface area (Å²) in [6.45, 7) is 9.37. The van der Waals surface area contributed by atoms with Gasteiger partial charge in [-0.15, -0.1) is 0 Å². The SMILES string of the molecule is C[C@]1(CO)C[C@H](O)[C@]2(C(=O)O)CC[C@]3(C)C(=CC[C@@H]4[C@@]5(C)C[C@@H](O)[C@@H](O[C@@H]6OC[C@@H](O)[C@H](O)[C@H]6O)[C@@](C)([C@H](O)CO)[C@H]5CC[C@]43C)[C@@H]2C1. The summed E-state index contributed by atoms with van der Waals surface area (Å²) in [4.78, 5) is 13.0. The molecular formula is C36H58O12. The van der Waals surface area contributed by atoms with E-state index in [0.29, 0.717) is 38.5 Å². The number of carbonyl (C=O) groups is 1. The molecule has 0 aromatic rings. The van der Waals surface area contributed by atoms with Crippen molar-refractivity contribution in [3.63, 3.8) is 0 Å². The Hall–Kier alpha value is -1.19. The van der Waals surface area contributed by atoms with Crippen molar-refractivity contribution in [2.24, 2.45) is 50.2 Å². The first-order valence-corrected chi connectivity index (χ1v) is 17.8. The van der Waals surface area contributed by atoms with Gasteiger partial charge in [-0.25, -0.2) is 0 Å². The molecule has 12 nitrogen and oxygen atoms in total. The number of carboxylic acid groups (broad SMARTS) is 1. The smallest absolute Gasteiger partial charge is 0.312 e. The van der Waals surface area contributed by atoms with Crippen molar-refractivity contribution in [3.8, 4) is 0 Å². The number of aliphatic hydroxyl groups is 8. The molecule has 0 aromatic heterocycles. The fourth-order valence-electron chi connectivity index (χ4n) is 12.6. The van der Waals surface area contributed by atoms with E-state index in [1.807, 2.05) is 6.92 Å². The van der Waals surface area contributed by atoms with Crippen LogP contribution in [0.5, 0.6) is 0 Å². The average Bonchev–Trinajstić information content (AvgIpc) is 3.02. The maximum absolute atomic E-state index is 13.0. The number of aliphatic hydroxyl groups excluding tert-OH is 8. The summed E-state index contributed by atoms with van der Waals surface area (Å²) < 4.78 is 11.8. The summed E-state index contributed by atoms with van der Waals surface area (Å²) >= 11 is 0. The van der Waals surface area contributed by atoms with Crippen molar-refractivity contribution in [2.45, 2.75) is 135 Å². The molecule has 48 heavy (non-hydrogen) atoms. The van der Waals surface area contributed by atoms with Crippen molar-refractivity contribution in [1.29, 1.82) is 0 Å². The molecule has 6 rings (SSSR count). The van der Waals surface area contributed by atoms with Gasteiger partial charge in [-0.2, -0.15) is 0 Å². The minimum absolute atomic E-state index is 0.00174. The van der Waals surface area contributed by atoms with E-state index in [1.54, 1.807) is 6.92 Å².